The number of hydrogen-bond acceptors (Lipinski definition) is 4. The Bertz CT molecular complexity index is 534. The molecule has 1 aromatic rings. The molecule has 1 aromatic carbocycles. The van der Waals surface area contributed by atoms with E-state index in [1.165, 1.54) is 19.2 Å². The Kier molecular flexibility index (Phi) is 6.52. The van der Waals surface area contributed by atoms with Crippen molar-refractivity contribution in [1.29, 1.82) is 0 Å². The largest absolute Gasteiger partial charge is 0.392 e. The molecule has 0 amide bonds. The van der Waals surface area contributed by atoms with Crippen molar-refractivity contribution in [2.24, 2.45) is 0 Å². The van der Waals surface area contributed by atoms with Gasteiger partial charge in [-0.15, -0.1) is 0 Å². The fourth-order valence-electron chi connectivity index (χ4n) is 1.43. The normalized spacial score (nSPS) is 11.8. The number of methoxy groups -OCH3 is 1. The predicted octanol–water partition coefficient (Wildman–Crippen LogP) is 1.80. The lowest BCUT2D eigenvalue weighted by Gasteiger charge is -2.11. The fourth-order valence-corrected chi connectivity index (χ4v) is 3.40. The maximum absolute atomic E-state index is 12.0. The molecule has 0 heterocycles. The van der Waals surface area contributed by atoms with Crippen molar-refractivity contribution >= 4 is 33.2 Å². The zero-order valence-corrected chi connectivity index (χ0v) is 12.6. The van der Waals surface area contributed by atoms with Crippen LogP contribution >= 0.6 is 23.2 Å². The van der Waals surface area contributed by atoms with Crippen LogP contribution in [0.5, 0.6) is 0 Å². The van der Waals surface area contributed by atoms with Crippen LogP contribution in [-0.4, -0.2) is 33.8 Å². The van der Waals surface area contributed by atoms with Crippen LogP contribution in [0.4, 0.5) is 0 Å². The molecule has 0 unspecified atom stereocenters. The Morgan fingerprint density at radius 1 is 1.37 bits per heavy atom. The van der Waals surface area contributed by atoms with Gasteiger partial charge < -0.3 is 9.84 Å². The predicted molar refractivity (Wildman–Crippen MR) is 74.1 cm³/mol. The highest BCUT2D eigenvalue weighted by atomic mass is 35.5. The third kappa shape index (κ3) is 4.30. The van der Waals surface area contributed by atoms with E-state index in [9.17, 15) is 8.42 Å². The van der Waals surface area contributed by atoms with Crippen molar-refractivity contribution in [2.75, 3.05) is 20.3 Å². The van der Waals surface area contributed by atoms with Crippen LogP contribution in [0.15, 0.2) is 17.0 Å². The summed E-state index contributed by atoms with van der Waals surface area (Å²) in [7, 11) is -2.19. The Hall–Kier alpha value is -0.370. The third-order valence-electron chi connectivity index (χ3n) is 2.42. The lowest BCUT2D eigenvalue weighted by molar-refractivity contribution is 0.196. The molecule has 0 atom stereocenters. The molecule has 0 aromatic heterocycles. The van der Waals surface area contributed by atoms with Crippen molar-refractivity contribution in [2.45, 2.75) is 17.9 Å². The number of nitrogens with one attached hydrogen (secondary N) is 1. The third-order valence-corrected chi connectivity index (χ3v) is 4.82. The second kappa shape index (κ2) is 7.42. The summed E-state index contributed by atoms with van der Waals surface area (Å²) in [5, 5.41) is 9.30. The second-order valence-electron chi connectivity index (χ2n) is 3.74. The van der Waals surface area contributed by atoms with Crippen molar-refractivity contribution in [3.8, 4) is 0 Å². The zero-order chi connectivity index (χ0) is 14.5. The number of benzene rings is 1. The Morgan fingerprint density at radius 2 is 2.05 bits per heavy atom. The monoisotopic (exact) mass is 327 g/mol. The van der Waals surface area contributed by atoms with Gasteiger partial charge in [0.05, 0.1) is 11.6 Å². The van der Waals surface area contributed by atoms with Crippen LogP contribution in [-0.2, 0) is 21.4 Å². The van der Waals surface area contributed by atoms with E-state index < -0.39 is 16.6 Å². The van der Waals surface area contributed by atoms with E-state index in [0.29, 0.717) is 13.0 Å². The van der Waals surface area contributed by atoms with Crippen LogP contribution in [0.3, 0.4) is 0 Å². The molecule has 1 rings (SSSR count). The molecule has 0 aliphatic heterocycles. The Morgan fingerprint density at radius 3 is 2.63 bits per heavy atom. The average Bonchev–Trinajstić information content (AvgIpc) is 2.35. The van der Waals surface area contributed by atoms with Gasteiger partial charge in [-0.2, -0.15) is 0 Å². The van der Waals surface area contributed by atoms with Gasteiger partial charge in [0, 0.05) is 30.8 Å². The molecular weight excluding hydrogens is 313 g/mol. The van der Waals surface area contributed by atoms with E-state index in [2.05, 4.69) is 4.72 Å². The highest BCUT2D eigenvalue weighted by Gasteiger charge is 2.20. The van der Waals surface area contributed by atoms with Gasteiger partial charge in [0.15, 0.2) is 0 Å². The molecule has 108 valence electrons. The Labute approximate surface area is 122 Å². The highest BCUT2D eigenvalue weighted by molar-refractivity contribution is 7.89. The topological polar surface area (TPSA) is 75.6 Å². The Balaban J connectivity index is 2.96. The average molecular weight is 328 g/mol. The summed E-state index contributed by atoms with van der Waals surface area (Å²) in [5.41, 5.74) is 0.197. The number of halogens is 2. The molecule has 0 bridgehead atoms. The van der Waals surface area contributed by atoms with Gasteiger partial charge in [0.25, 0.3) is 0 Å². The number of aliphatic hydroxyl groups excluding tert-OH is 1. The molecule has 0 radical (unpaired) electrons. The van der Waals surface area contributed by atoms with Crippen LogP contribution in [0.1, 0.15) is 12.0 Å². The minimum absolute atomic E-state index is 0.0609. The molecule has 0 saturated carbocycles. The first-order chi connectivity index (χ1) is 8.94. The van der Waals surface area contributed by atoms with E-state index in [1.54, 1.807) is 0 Å². The molecule has 0 aliphatic rings. The summed E-state index contributed by atoms with van der Waals surface area (Å²) in [4.78, 5) is -0.0972. The lowest BCUT2D eigenvalue weighted by Crippen LogP contribution is -2.26. The highest BCUT2D eigenvalue weighted by Crippen LogP contribution is 2.30. The van der Waals surface area contributed by atoms with Gasteiger partial charge >= 0.3 is 0 Å². The number of rotatable bonds is 7. The van der Waals surface area contributed by atoms with Gasteiger partial charge in [-0.3, -0.25) is 0 Å². The molecule has 19 heavy (non-hydrogen) atoms. The van der Waals surface area contributed by atoms with Crippen molar-refractivity contribution in [3.63, 3.8) is 0 Å². The van der Waals surface area contributed by atoms with Gasteiger partial charge in [-0.1, -0.05) is 23.2 Å². The SMILES string of the molecule is COCCCNS(=O)(=O)c1ccc(Cl)c(CO)c1Cl. The van der Waals surface area contributed by atoms with E-state index in [-0.39, 0.29) is 27.0 Å². The standard InChI is InChI=1S/C11H15Cl2NO4S/c1-18-6-2-5-14-19(16,17)10-4-3-9(12)8(7-15)11(10)13/h3-4,14-15H,2,5-7H2,1H3. The van der Waals surface area contributed by atoms with E-state index >= 15 is 0 Å². The number of hydrogen-bond donors (Lipinski definition) is 2. The summed E-state index contributed by atoms with van der Waals surface area (Å²) in [5.74, 6) is 0. The van der Waals surface area contributed by atoms with Gasteiger partial charge in [0.1, 0.15) is 4.90 Å². The quantitative estimate of drug-likeness (QED) is 0.749. The minimum atomic E-state index is -3.73. The molecular formula is C11H15Cl2NO4S. The van der Waals surface area contributed by atoms with Crippen LogP contribution in [0.2, 0.25) is 10.0 Å². The van der Waals surface area contributed by atoms with Gasteiger partial charge in [-0.05, 0) is 18.6 Å². The first kappa shape index (κ1) is 16.7. The molecule has 0 aliphatic carbocycles. The molecule has 0 saturated heterocycles. The smallest absolute Gasteiger partial charge is 0.242 e. The van der Waals surface area contributed by atoms with Crippen molar-refractivity contribution in [3.05, 3.63) is 27.7 Å². The summed E-state index contributed by atoms with van der Waals surface area (Å²) in [6, 6.07) is 2.70. The summed E-state index contributed by atoms with van der Waals surface area (Å²) >= 11 is 11.8. The summed E-state index contributed by atoms with van der Waals surface area (Å²) in [6.45, 7) is 0.271. The number of ether oxygens (including phenoxy) is 1. The van der Waals surface area contributed by atoms with E-state index in [0.717, 1.165) is 0 Å². The molecule has 5 nitrogen and oxygen atoms in total. The molecule has 0 spiro atoms. The second-order valence-corrected chi connectivity index (χ2v) is 6.26. The maximum Gasteiger partial charge on any atom is 0.242 e. The van der Waals surface area contributed by atoms with Crippen molar-refractivity contribution < 1.29 is 18.3 Å². The number of aliphatic hydroxyl groups is 1. The van der Waals surface area contributed by atoms with Gasteiger partial charge in [0.2, 0.25) is 10.0 Å². The summed E-state index contributed by atoms with van der Waals surface area (Å²) < 4.78 is 31.3. The van der Waals surface area contributed by atoms with Crippen molar-refractivity contribution in [1.82, 2.24) is 4.72 Å². The van der Waals surface area contributed by atoms with Crippen LogP contribution < -0.4 is 4.72 Å². The first-order valence-corrected chi connectivity index (χ1v) is 7.74. The summed E-state index contributed by atoms with van der Waals surface area (Å²) in [6.07, 6.45) is 0.549. The zero-order valence-electron chi connectivity index (χ0n) is 10.3. The molecule has 2 N–H and O–H groups in total. The van der Waals surface area contributed by atoms with E-state index in [4.69, 9.17) is 33.0 Å². The van der Waals surface area contributed by atoms with Crippen LogP contribution in [0, 0.1) is 0 Å². The number of sulfonamides is 1. The molecule has 0 fully saturated rings. The maximum atomic E-state index is 12.0. The van der Waals surface area contributed by atoms with Gasteiger partial charge in [-0.25, -0.2) is 13.1 Å². The lowest BCUT2D eigenvalue weighted by atomic mass is 10.2. The van der Waals surface area contributed by atoms with Crippen LogP contribution in [0.25, 0.3) is 0 Å². The van der Waals surface area contributed by atoms with E-state index in [1.807, 2.05) is 0 Å². The fraction of sp³-hybridized carbons (Fsp3) is 0.455. The first-order valence-electron chi connectivity index (χ1n) is 5.50. The molecule has 8 heteroatoms. The minimum Gasteiger partial charge on any atom is -0.392 e.